The molecule has 0 aliphatic heterocycles. The van der Waals surface area contributed by atoms with Gasteiger partial charge in [-0.2, -0.15) is 5.10 Å². The Morgan fingerprint density at radius 3 is 2.63 bits per heavy atom. The second kappa shape index (κ2) is 9.90. The molecule has 0 aliphatic rings. The molecule has 3 aromatic carbocycles. The number of fused-ring (bicyclic) bond motifs is 1. The van der Waals surface area contributed by atoms with Gasteiger partial charge in [-0.15, -0.1) is 0 Å². The quantitative estimate of drug-likeness (QED) is 0.240. The predicted octanol–water partition coefficient (Wildman–Crippen LogP) is 5.79. The van der Waals surface area contributed by atoms with E-state index in [1.54, 1.807) is 43.5 Å². The van der Waals surface area contributed by atoms with Gasteiger partial charge in [-0.05, 0) is 42.8 Å². The molecule has 3 N–H and O–H groups in total. The first-order valence-corrected chi connectivity index (χ1v) is 12.1. The number of nitrogens with zero attached hydrogens (tertiary/aromatic N) is 2. The summed E-state index contributed by atoms with van der Waals surface area (Å²) in [7, 11) is -0.0292. The third kappa shape index (κ3) is 4.97. The van der Waals surface area contributed by atoms with E-state index < -0.39 is 11.0 Å². The molecule has 9 nitrogen and oxygen atoms in total. The van der Waals surface area contributed by atoms with E-state index in [9.17, 15) is 4.21 Å². The molecule has 178 valence electrons. The fourth-order valence-electron chi connectivity index (χ4n) is 3.47. The number of nitrogens with one attached hydrogen (secondary N) is 3. The SMILES string of the molecule is CCc1cc(Nc2cc3onc(NS(=O)c4cccc(Oc5ccccc5)c4)c3cc2OC)n[nH]1. The summed E-state index contributed by atoms with van der Waals surface area (Å²) in [6.45, 7) is 2.05. The molecular weight excluding hydrogens is 466 g/mol. The van der Waals surface area contributed by atoms with Gasteiger partial charge in [-0.25, -0.2) is 4.21 Å². The number of ether oxygens (including phenoxy) is 2. The zero-order chi connectivity index (χ0) is 24.2. The Morgan fingerprint density at radius 1 is 1.03 bits per heavy atom. The first kappa shape index (κ1) is 22.5. The molecule has 0 aliphatic carbocycles. The van der Waals surface area contributed by atoms with Gasteiger partial charge in [0.15, 0.2) is 28.2 Å². The second-order valence-corrected chi connectivity index (χ2v) is 8.81. The summed E-state index contributed by atoms with van der Waals surface area (Å²) in [5, 5.41) is 15.1. The second-order valence-electron chi connectivity index (χ2n) is 7.60. The summed E-state index contributed by atoms with van der Waals surface area (Å²) in [6.07, 6.45) is 0.848. The molecule has 0 radical (unpaired) electrons. The monoisotopic (exact) mass is 489 g/mol. The van der Waals surface area contributed by atoms with Crippen LogP contribution in [0.2, 0.25) is 0 Å². The van der Waals surface area contributed by atoms with Crippen molar-refractivity contribution in [3.05, 3.63) is 78.5 Å². The number of H-pyrrole nitrogens is 1. The highest BCUT2D eigenvalue weighted by molar-refractivity contribution is 7.86. The Kier molecular flexibility index (Phi) is 6.36. The standard InChI is InChI=1S/C25H23N5O4S/c1-3-16-12-24(28-27-16)26-21-15-22-20(14-23(21)32-2)25(29-34-22)30-35(31)19-11-7-10-18(13-19)33-17-8-5-4-6-9-17/h4-15H,3H2,1-2H3,(H,29,30)(H2,26,27,28). The maximum atomic E-state index is 13.1. The van der Waals surface area contributed by atoms with Crippen molar-refractivity contribution in [1.29, 1.82) is 0 Å². The largest absolute Gasteiger partial charge is 0.495 e. The van der Waals surface area contributed by atoms with Crippen LogP contribution in [0.4, 0.5) is 17.3 Å². The summed E-state index contributed by atoms with van der Waals surface area (Å²) < 4.78 is 32.9. The molecule has 0 amide bonds. The Hall–Kier alpha value is -4.31. The van der Waals surface area contributed by atoms with E-state index in [-0.39, 0.29) is 0 Å². The minimum atomic E-state index is -1.60. The molecule has 5 aromatic rings. The fourth-order valence-corrected chi connectivity index (χ4v) is 4.34. The number of aryl methyl sites for hydroxylation is 1. The summed E-state index contributed by atoms with van der Waals surface area (Å²) >= 11 is 0. The molecule has 2 aromatic heterocycles. The van der Waals surface area contributed by atoms with Crippen LogP contribution >= 0.6 is 0 Å². The van der Waals surface area contributed by atoms with Crippen molar-refractivity contribution >= 4 is 39.3 Å². The highest BCUT2D eigenvalue weighted by Crippen LogP contribution is 2.36. The molecule has 0 bridgehead atoms. The van der Waals surface area contributed by atoms with Crippen molar-refractivity contribution in [2.75, 3.05) is 17.1 Å². The number of rotatable bonds is 9. The maximum Gasteiger partial charge on any atom is 0.189 e. The number of methoxy groups -OCH3 is 1. The number of aromatic amines is 1. The van der Waals surface area contributed by atoms with Crippen LogP contribution in [-0.4, -0.2) is 26.7 Å². The maximum absolute atomic E-state index is 13.1. The molecule has 10 heteroatoms. The highest BCUT2D eigenvalue weighted by atomic mass is 32.2. The lowest BCUT2D eigenvalue weighted by molar-refractivity contribution is 0.417. The van der Waals surface area contributed by atoms with Gasteiger partial charge < -0.3 is 19.3 Å². The Labute approximate surface area is 204 Å². The highest BCUT2D eigenvalue weighted by Gasteiger charge is 2.17. The first-order chi connectivity index (χ1) is 17.1. The van der Waals surface area contributed by atoms with Gasteiger partial charge in [-0.1, -0.05) is 36.3 Å². The molecule has 1 atom stereocenters. The summed E-state index contributed by atoms with van der Waals surface area (Å²) in [5.74, 6) is 2.84. The molecule has 0 saturated heterocycles. The number of benzene rings is 3. The van der Waals surface area contributed by atoms with Gasteiger partial charge in [0.1, 0.15) is 17.2 Å². The molecule has 2 heterocycles. The molecule has 5 rings (SSSR count). The zero-order valence-electron chi connectivity index (χ0n) is 19.1. The van der Waals surface area contributed by atoms with Crippen LogP contribution in [0.25, 0.3) is 11.0 Å². The normalized spacial score (nSPS) is 11.8. The topological polar surface area (TPSA) is 114 Å². The van der Waals surface area contributed by atoms with Gasteiger partial charge in [-0.3, -0.25) is 9.82 Å². The average molecular weight is 490 g/mol. The van der Waals surface area contributed by atoms with E-state index in [4.69, 9.17) is 14.0 Å². The van der Waals surface area contributed by atoms with Gasteiger partial charge in [0.2, 0.25) is 0 Å². The van der Waals surface area contributed by atoms with Crippen LogP contribution in [-0.2, 0) is 17.4 Å². The van der Waals surface area contributed by atoms with Crippen molar-refractivity contribution in [2.45, 2.75) is 18.2 Å². The number of hydrogen-bond donors (Lipinski definition) is 3. The van der Waals surface area contributed by atoms with Crippen LogP contribution in [0.5, 0.6) is 17.2 Å². The van der Waals surface area contributed by atoms with Crippen LogP contribution in [0.15, 0.2) is 82.2 Å². The smallest absolute Gasteiger partial charge is 0.189 e. The molecule has 0 fully saturated rings. The minimum Gasteiger partial charge on any atom is -0.495 e. The van der Waals surface area contributed by atoms with Crippen molar-refractivity contribution < 1.29 is 18.2 Å². The third-order valence-electron chi connectivity index (χ3n) is 5.25. The first-order valence-electron chi connectivity index (χ1n) is 10.9. The number of aromatic nitrogens is 3. The van der Waals surface area contributed by atoms with Gasteiger partial charge in [0.25, 0.3) is 0 Å². The van der Waals surface area contributed by atoms with E-state index in [1.807, 2.05) is 43.3 Å². The van der Waals surface area contributed by atoms with Crippen LogP contribution in [0.3, 0.4) is 0 Å². The third-order valence-corrected chi connectivity index (χ3v) is 6.32. The van der Waals surface area contributed by atoms with Crippen LogP contribution < -0.4 is 19.5 Å². The van der Waals surface area contributed by atoms with Crippen molar-refractivity contribution in [3.63, 3.8) is 0 Å². The number of anilines is 3. The average Bonchev–Trinajstić information content (AvgIpc) is 3.50. The van der Waals surface area contributed by atoms with Gasteiger partial charge in [0.05, 0.1) is 23.1 Å². The summed E-state index contributed by atoms with van der Waals surface area (Å²) in [5.41, 5.74) is 2.18. The molecule has 0 spiro atoms. The van der Waals surface area contributed by atoms with E-state index in [2.05, 4.69) is 25.4 Å². The Bertz CT molecular complexity index is 1480. The molecular formula is C25H23N5O4S. The van der Waals surface area contributed by atoms with Gasteiger partial charge >= 0.3 is 0 Å². The lowest BCUT2D eigenvalue weighted by Gasteiger charge is -2.10. The zero-order valence-corrected chi connectivity index (χ0v) is 19.9. The van der Waals surface area contributed by atoms with E-state index >= 15 is 0 Å². The Morgan fingerprint density at radius 2 is 1.86 bits per heavy atom. The van der Waals surface area contributed by atoms with Crippen LogP contribution in [0, 0.1) is 0 Å². The minimum absolute atomic E-state index is 0.339. The van der Waals surface area contributed by atoms with E-state index in [0.717, 1.165) is 12.1 Å². The van der Waals surface area contributed by atoms with Crippen molar-refractivity contribution in [1.82, 2.24) is 15.4 Å². The van der Waals surface area contributed by atoms with Crippen LogP contribution in [0.1, 0.15) is 12.6 Å². The molecule has 35 heavy (non-hydrogen) atoms. The lowest BCUT2D eigenvalue weighted by atomic mass is 10.2. The predicted molar refractivity (Wildman–Crippen MR) is 135 cm³/mol. The number of para-hydroxylation sites is 1. The fraction of sp³-hybridized carbons (Fsp3) is 0.120. The summed E-state index contributed by atoms with van der Waals surface area (Å²) in [6, 6.07) is 21.9. The molecule has 0 saturated carbocycles. The summed E-state index contributed by atoms with van der Waals surface area (Å²) in [4.78, 5) is 0.532. The van der Waals surface area contributed by atoms with Crippen molar-refractivity contribution in [3.8, 4) is 17.2 Å². The lowest BCUT2D eigenvalue weighted by Crippen LogP contribution is -2.05. The number of hydrogen-bond acceptors (Lipinski definition) is 7. The van der Waals surface area contributed by atoms with Crippen molar-refractivity contribution in [2.24, 2.45) is 0 Å². The Balaban J connectivity index is 1.36. The van der Waals surface area contributed by atoms with Gasteiger partial charge in [0, 0.05) is 17.8 Å². The molecule has 1 unspecified atom stereocenters. The van der Waals surface area contributed by atoms with E-state index in [0.29, 0.717) is 50.4 Å². The van der Waals surface area contributed by atoms with E-state index in [1.165, 1.54) is 0 Å².